The van der Waals surface area contributed by atoms with Crippen LogP contribution in [0.25, 0.3) is 0 Å². The monoisotopic (exact) mass is 373 g/mol. The molecule has 4 aliphatic carbocycles. The Hall–Kier alpha value is -1.10. The first-order valence-electron chi connectivity index (χ1n) is 11.5. The average Bonchev–Trinajstić information content (AvgIpc) is 3.20. The number of hydrogen-bond donors (Lipinski definition) is 2. The lowest BCUT2D eigenvalue weighted by Gasteiger charge is -2.54. The Kier molecular flexibility index (Phi) is 4.91. The lowest BCUT2D eigenvalue weighted by atomic mass is 9.51. The molecule has 0 radical (unpaired) electrons. The predicted octanol–water partition coefficient (Wildman–Crippen LogP) is 2.17. The van der Waals surface area contributed by atoms with Crippen molar-refractivity contribution in [3.8, 4) is 0 Å². The molecule has 5 heteroatoms. The van der Waals surface area contributed by atoms with Crippen LogP contribution in [0.2, 0.25) is 0 Å². The van der Waals surface area contributed by atoms with Gasteiger partial charge in [0.1, 0.15) is 0 Å². The summed E-state index contributed by atoms with van der Waals surface area (Å²) < 4.78 is 0. The summed E-state index contributed by atoms with van der Waals surface area (Å²) in [4.78, 5) is 27.8. The lowest BCUT2D eigenvalue weighted by Crippen LogP contribution is -2.54. The Morgan fingerprint density at radius 2 is 1.70 bits per heavy atom. The summed E-state index contributed by atoms with van der Waals surface area (Å²) in [6.07, 6.45) is 10.9. The molecule has 2 N–H and O–H groups in total. The number of carbonyl (C=O) groups is 2. The highest BCUT2D eigenvalue weighted by Crippen LogP contribution is 2.57. The van der Waals surface area contributed by atoms with Crippen LogP contribution < -0.4 is 10.6 Å². The van der Waals surface area contributed by atoms with Crippen molar-refractivity contribution in [2.75, 3.05) is 26.2 Å². The smallest absolute Gasteiger partial charge is 0.237 e. The van der Waals surface area contributed by atoms with Crippen molar-refractivity contribution in [1.29, 1.82) is 0 Å². The van der Waals surface area contributed by atoms with Gasteiger partial charge in [0.25, 0.3) is 0 Å². The number of carbonyl (C=O) groups excluding carboxylic acids is 2. The summed E-state index contributed by atoms with van der Waals surface area (Å²) in [5.74, 6) is 4.52. The number of rotatable bonds is 4. The van der Waals surface area contributed by atoms with Crippen LogP contribution in [-0.4, -0.2) is 48.9 Å². The molecule has 2 saturated heterocycles. The maximum atomic E-state index is 13.4. The molecule has 0 spiro atoms. The van der Waals surface area contributed by atoms with Gasteiger partial charge in [-0.05, 0) is 93.9 Å². The molecule has 0 aromatic carbocycles. The SMILES string of the molecule is O=C(NCC1CCCN(C(=O)C2C3CC4CC(C3)CC2C4)C1)C1CCCN1. The van der Waals surface area contributed by atoms with Gasteiger partial charge in [-0.1, -0.05) is 0 Å². The fourth-order valence-electron chi connectivity index (χ4n) is 7.25. The van der Waals surface area contributed by atoms with Crippen molar-refractivity contribution in [3.05, 3.63) is 0 Å². The van der Waals surface area contributed by atoms with Gasteiger partial charge in [-0.15, -0.1) is 0 Å². The number of hydrogen-bond acceptors (Lipinski definition) is 3. The lowest BCUT2D eigenvalue weighted by molar-refractivity contribution is -0.150. The van der Waals surface area contributed by atoms with E-state index in [4.69, 9.17) is 0 Å². The van der Waals surface area contributed by atoms with Gasteiger partial charge >= 0.3 is 0 Å². The minimum atomic E-state index is -0.000580. The summed E-state index contributed by atoms with van der Waals surface area (Å²) in [5.41, 5.74) is 0. The first-order valence-corrected chi connectivity index (χ1v) is 11.5. The normalized spacial score (nSPS) is 43.1. The largest absolute Gasteiger partial charge is 0.354 e. The van der Waals surface area contributed by atoms with Gasteiger partial charge in [-0.25, -0.2) is 0 Å². The Morgan fingerprint density at radius 3 is 2.37 bits per heavy atom. The third-order valence-electron chi connectivity index (χ3n) is 8.28. The van der Waals surface area contributed by atoms with Gasteiger partial charge in [0.05, 0.1) is 6.04 Å². The maximum Gasteiger partial charge on any atom is 0.237 e. The fourth-order valence-corrected chi connectivity index (χ4v) is 7.25. The summed E-state index contributed by atoms with van der Waals surface area (Å²) in [5, 5.41) is 6.41. The zero-order valence-electron chi connectivity index (χ0n) is 16.5. The summed E-state index contributed by atoms with van der Waals surface area (Å²) in [6, 6.07) is -0.000580. The van der Waals surface area contributed by atoms with Crippen molar-refractivity contribution in [2.45, 2.75) is 63.8 Å². The molecule has 2 amide bonds. The second kappa shape index (κ2) is 7.38. The van der Waals surface area contributed by atoms with Gasteiger partial charge < -0.3 is 15.5 Å². The topological polar surface area (TPSA) is 61.4 Å². The third kappa shape index (κ3) is 3.52. The Bertz CT molecular complexity index is 558. The van der Waals surface area contributed by atoms with E-state index in [0.29, 0.717) is 29.6 Å². The van der Waals surface area contributed by atoms with Crippen LogP contribution in [0.3, 0.4) is 0 Å². The number of likely N-dealkylation sites (tertiary alicyclic amines) is 1. The molecule has 27 heavy (non-hydrogen) atoms. The molecule has 2 heterocycles. The molecule has 0 aromatic rings. The molecule has 5 nitrogen and oxygen atoms in total. The molecule has 2 unspecified atom stereocenters. The van der Waals surface area contributed by atoms with E-state index in [1.807, 2.05) is 0 Å². The zero-order valence-corrected chi connectivity index (χ0v) is 16.5. The highest BCUT2D eigenvalue weighted by Gasteiger charge is 2.51. The van der Waals surface area contributed by atoms with Crippen LogP contribution in [0.1, 0.15) is 57.8 Å². The molecule has 6 aliphatic rings. The zero-order chi connectivity index (χ0) is 18.4. The first-order chi connectivity index (χ1) is 13.2. The molecular formula is C22H35N3O2. The highest BCUT2D eigenvalue weighted by atomic mass is 16.2. The van der Waals surface area contributed by atoms with Crippen molar-refractivity contribution in [1.82, 2.24) is 15.5 Å². The van der Waals surface area contributed by atoms with E-state index in [-0.39, 0.29) is 11.9 Å². The molecule has 2 atom stereocenters. The minimum absolute atomic E-state index is 0.000580. The van der Waals surface area contributed by atoms with Crippen LogP contribution in [0, 0.1) is 35.5 Å². The standard InChI is InChI=1S/C22H35N3O2/c26-21(19-4-1-5-23-19)24-12-14-3-2-6-25(13-14)22(27)20-17-8-15-7-16(10-17)11-18(20)9-15/h14-20,23H,1-13H2,(H,24,26). The van der Waals surface area contributed by atoms with Gasteiger partial charge in [-0.2, -0.15) is 0 Å². The van der Waals surface area contributed by atoms with E-state index in [1.54, 1.807) is 0 Å². The molecule has 4 saturated carbocycles. The van der Waals surface area contributed by atoms with Gasteiger partial charge in [0, 0.05) is 25.6 Å². The molecule has 2 aliphatic heterocycles. The van der Waals surface area contributed by atoms with Crippen molar-refractivity contribution >= 4 is 11.8 Å². The number of nitrogens with one attached hydrogen (secondary N) is 2. The minimum Gasteiger partial charge on any atom is -0.354 e. The summed E-state index contributed by atoms with van der Waals surface area (Å²) in [7, 11) is 0. The Morgan fingerprint density at radius 1 is 0.963 bits per heavy atom. The third-order valence-corrected chi connectivity index (χ3v) is 8.28. The van der Waals surface area contributed by atoms with Crippen molar-refractivity contribution in [3.63, 3.8) is 0 Å². The molecule has 0 aromatic heterocycles. The van der Waals surface area contributed by atoms with Crippen LogP contribution in [0.15, 0.2) is 0 Å². The Labute approximate surface area is 163 Å². The first kappa shape index (κ1) is 18.0. The van der Waals surface area contributed by atoms with Crippen molar-refractivity contribution < 1.29 is 9.59 Å². The van der Waals surface area contributed by atoms with Crippen molar-refractivity contribution in [2.24, 2.45) is 35.5 Å². The number of piperidine rings is 1. The molecule has 150 valence electrons. The average molecular weight is 374 g/mol. The fraction of sp³-hybridized carbons (Fsp3) is 0.909. The summed E-state index contributed by atoms with van der Waals surface area (Å²) >= 11 is 0. The van der Waals surface area contributed by atoms with Crippen LogP contribution >= 0.6 is 0 Å². The Balaban J connectivity index is 1.16. The number of nitrogens with zero attached hydrogens (tertiary/aromatic N) is 1. The van der Waals surface area contributed by atoms with E-state index in [1.165, 1.54) is 32.1 Å². The number of amides is 2. The predicted molar refractivity (Wildman–Crippen MR) is 104 cm³/mol. The molecule has 4 bridgehead atoms. The van der Waals surface area contributed by atoms with E-state index >= 15 is 0 Å². The van der Waals surface area contributed by atoms with E-state index in [0.717, 1.165) is 63.7 Å². The molecule has 6 rings (SSSR count). The molecular weight excluding hydrogens is 338 g/mol. The van der Waals surface area contributed by atoms with Gasteiger partial charge in [0.2, 0.25) is 11.8 Å². The van der Waals surface area contributed by atoms with E-state index < -0.39 is 0 Å². The van der Waals surface area contributed by atoms with E-state index in [9.17, 15) is 9.59 Å². The van der Waals surface area contributed by atoms with Crippen LogP contribution in [-0.2, 0) is 9.59 Å². The van der Waals surface area contributed by atoms with Gasteiger partial charge in [-0.3, -0.25) is 9.59 Å². The van der Waals surface area contributed by atoms with E-state index in [2.05, 4.69) is 15.5 Å². The summed E-state index contributed by atoms with van der Waals surface area (Å²) in [6.45, 7) is 3.45. The van der Waals surface area contributed by atoms with Gasteiger partial charge in [0.15, 0.2) is 0 Å². The quantitative estimate of drug-likeness (QED) is 0.794. The van der Waals surface area contributed by atoms with Crippen LogP contribution in [0.5, 0.6) is 0 Å². The second-order valence-electron chi connectivity index (χ2n) is 10.1. The maximum absolute atomic E-state index is 13.4. The molecule has 6 fully saturated rings. The highest BCUT2D eigenvalue weighted by molar-refractivity contribution is 5.82. The second-order valence-corrected chi connectivity index (χ2v) is 10.1. The van der Waals surface area contributed by atoms with Crippen LogP contribution in [0.4, 0.5) is 0 Å².